The van der Waals surface area contributed by atoms with Crippen LogP contribution in [0.5, 0.6) is 0 Å². The summed E-state index contributed by atoms with van der Waals surface area (Å²) < 4.78 is 6.37. The smallest absolute Gasteiger partial charge is 0.121 e. The van der Waals surface area contributed by atoms with Crippen LogP contribution in [0.3, 0.4) is 0 Å². The van der Waals surface area contributed by atoms with Gasteiger partial charge in [0.1, 0.15) is 11.9 Å². The van der Waals surface area contributed by atoms with Crippen molar-refractivity contribution in [2.24, 2.45) is 5.73 Å². The lowest BCUT2D eigenvalue weighted by molar-refractivity contribution is -0.0320. The maximum Gasteiger partial charge on any atom is 0.121 e. The molecule has 0 radical (unpaired) electrons. The van der Waals surface area contributed by atoms with Crippen LogP contribution in [0.2, 0.25) is 0 Å². The van der Waals surface area contributed by atoms with Crippen molar-refractivity contribution in [2.75, 3.05) is 0 Å². The zero-order valence-corrected chi connectivity index (χ0v) is 18.5. The second-order valence-electron chi connectivity index (χ2n) is 9.46. The van der Waals surface area contributed by atoms with Crippen LogP contribution in [0.1, 0.15) is 70.4 Å². The number of aryl methyl sites for hydroxylation is 1. The van der Waals surface area contributed by atoms with Crippen LogP contribution in [0.4, 0.5) is 0 Å². The number of imidazole rings is 1. The molecule has 33 heavy (non-hydrogen) atoms. The number of nitrogens with two attached hydrogens (primary N) is 1. The van der Waals surface area contributed by atoms with Gasteiger partial charge in [0.25, 0.3) is 0 Å². The van der Waals surface area contributed by atoms with E-state index >= 15 is 0 Å². The van der Waals surface area contributed by atoms with Crippen molar-refractivity contribution in [1.82, 2.24) is 19.9 Å². The van der Waals surface area contributed by atoms with Crippen LogP contribution < -0.4 is 5.73 Å². The van der Waals surface area contributed by atoms with Gasteiger partial charge in [-0.2, -0.15) is 0 Å². The summed E-state index contributed by atoms with van der Waals surface area (Å²) in [5.41, 5.74) is 16.0. The fourth-order valence-corrected chi connectivity index (χ4v) is 6.18. The highest BCUT2D eigenvalue weighted by molar-refractivity contribution is 5.74. The van der Waals surface area contributed by atoms with Gasteiger partial charge in [0.05, 0.1) is 42.0 Å². The summed E-state index contributed by atoms with van der Waals surface area (Å²) in [6.45, 7) is 1.94. The zero-order valence-electron chi connectivity index (χ0n) is 18.5. The third kappa shape index (κ3) is 2.98. The molecule has 3 atom stereocenters. The highest BCUT2D eigenvalue weighted by Crippen LogP contribution is 2.53. The van der Waals surface area contributed by atoms with E-state index in [0.717, 1.165) is 36.1 Å². The van der Waals surface area contributed by atoms with E-state index in [0.29, 0.717) is 19.7 Å². The molecule has 2 aromatic carbocycles. The van der Waals surface area contributed by atoms with Gasteiger partial charge < -0.3 is 15.5 Å². The number of nitrogens with one attached hydrogen (secondary N) is 1. The first kappa shape index (κ1) is 19.4. The van der Waals surface area contributed by atoms with Crippen LogP contribution in [-0.4, -0.2) is 19.9 Å². The summed E-state index contributed by atoms with van der Waals surface area (Å²) in [5.74, 6) is 0.978. The molecule has 3 N–H and O–H groups in total. The number of aromatic nitrogens is 3. The van der Waals surface area contributed by atoms with Crippen LogP contribution >= 0.6 is 0 Å². The fraction of sp³-hybridized carbons (Fsp3) is 0.333. The Balaban J connectivity index is 1.36. The maximum atomic E-state index is 6.37. The Hall–Kier alpha value is -3.06. The van der Waals surface area contributed by atoms with E-state index in [9.17, 15) is 0 Å². The molecule has 0 spiro atoms. The Morgan fingerprint density at radius 2 is 2.03 bits per heavy atom. The molecule has 166 valence electrons. The fourth-order valence-electron chi connectivity index (χ4n) is 6.18. The number of hydrogen-bond donors (Lipinski definition) is 2. The predicted octanol–water partition coefficient (Wildman–Crippen LogP) is 4.62. The first-order valence-electron chi connectivity index (χ1n) is 11.9. The lowest BCUT2D eigenvalue weighted by Crippen LogP contribution is -2.40. The van der Waals surface area contributed by atoms with E-state index in [1.54, 1.807) is 0 Å². The van der Waals surface area contributed by atoms with Gasteiger partial charge in [0.2, 0.25) is 0 Å². The standard InChI is InChI=1S/C27H27N5O/c28-13-17-11-20-18-12-19(17)26(27(20)33-15-18)32(14-24-30-21-7-1-2-8-22(21)31-24)23-9-3-5-16-6-4-10-29-25(16)23/h1-2,4,6-8,10-12,23,26-27H,3,5,9,13-15,28H2,(H,30,31). The second kappa shape index (κ2) is 7.48. The quantitative estimate of drug-likeness (QED) is 0.476. The molecule has 3 unspecified atom stereocenters. The van der Waals surface area contributed by atoms with E-state index in [-0.39, 0.29) is 18.2 Å². The lowest BCUT2D eigenvalue weighted by Gasteiger charge is -2.44. The maximum absolute atomic E-state index is 6.37. The van der Waals surface area contributed by atoms with Gasteiger partial charge in [0, 0.05) is 12.7 Å². The predicted molar refractivity (Wildman–Crippen MR) is 126 cm³/mol. The number of ether oxygens (including phenoxy) is 1. The highest BCUT2D eigenvalue weighted by atomic mass is 16.5. The van der Waals surface area contributed by atoms with Crippen molar-refractivity contribution in [2.45, 2.75) is 57.1 Å². The van der Waals surface area contributed by atoms with Crippen molar-refractivity contribution in [1.29, 1.82) is 0 Å². The Morgan fingerprint density at radius 1 is 1.09 bits per heavy atom. The number of fused-ring (bicyclic) bond motifs is 3. The number of nitrogens with zero attached hydrogens (tertiary/aromatic N) is 3. The molecule has 3 heterocycles. The number of pyridine rings is 1. The Bertz CT molecular complexity index is 1330. The van der Waals surface area contributed by atoms with Gasteiger partial charge in [-0.15, -0.1) is 0 Å². The minimum absolute atomic E-state index is 0.0498. The first-order chi connectivity index (χ1) is 16.3. The third-order valence-electron chi connectivity index (χ3n) is 7.65. The second-order valence-corrected chi connectivity index (χ2v) is 9.46. The van der Waals surface area contributed by atoms with Gasteiger partial charge >= 0.3 is 0 Å². The van der Waals surface area contributed by atoms with E-state index in [2.05, 4.69) is 46.3 Å². The van der Waals surface area contributed by atoms with E-state index in [1.165, 1.54) is 33.5 Å². The summed E-state index contributed by atoms with van der Waals surface area (Å²) in [6.07, 6.45) is 5.31. The normalized spacial score (nSPS) is 22.9. The SMILES string of the molecule is NCc1cc2c3cc1C(N(Cc1nc4ccccc4[nH]1)C1CCCc4cccnc41)C2OC3. The molecule has 4 bridgehead atoms. The molecule has 6 heteroatoms. The molecule has 1 aliphatic heterocycles. The average molecular weight is 438 g/mol. The molecular formula is C27H27N5O. The summed E-state index contributed by atoms with van der Waals surface area (Å²) >= 11 is 0. The number of rotatable bonds is 5. The summed E-state index contributed by atoms with van der Waals surface area (Å²) in [6, 6.07) is 17.5. The molecule has 0 saturated carbocycles. The molecule has 0 amide bonds. The summed E-state index contributed by atoms with van der Waals surface area (Å²) in [7, 11) is 0. The third-order valence-corrected chi connectivity index (χ3v) is 7.65. The molecule has 8 rings (SSSR count). The number of hydrogen-bond acceptors (Lipinski definition) is 5. The molecule has 3 aliphatic carbocycles. The zero-order chi connectivity index (χ0) is 21.9. The number of aromatic amines is 1. The van der Waals surface area contributed by atoms with Gasteiger partial charge in [-0.05, 0) is 65.3 Å². The number of H-pyrrole nitrogens is 1. The number of benzene rings is 2. The van der Waals surface area contributed by atoms with Gasteiger partial charge in [-0.3, -0.25) is 9.88 Å². The van der Waals surface area contributed by atoms with E-state index in [1.807, 2.05) is 18.3 Å². The van der Waals surface area contributed by atoms with Crippen molar-refractivity contribution in [3.63, 3.8) is 0 Å². The summed E-state index contributed by atoms with van der Waals surface area (Å²) in [4.78, 5) is 16.0. The Kier molecular flexibility index (Phi) is 4.40. The topological polar surface area (TPSA) is 80.1 Å². The molecule has 2 aromatic heterocycles. The van der Waals surface area contributed by atoms with Crippen LogP contribution in [0.25, 0.3) is 11.0 Å². The minimum atomic E-state index is 0.0498. The monoisotopic (exact) mass is 437 g/mol. The average Bonchev–Trinajstić information content (AvgIpc) is 3.42. The molecule has 0 saturated heterocycles. The highest BCUT2D eigenvalue weighted by Gasteiger charge is 2.45. The molecule has 4 aromatic rings. The minimum Gasteiger partial charge on any atom is -0.367 e. The van der Waals surface area contributed by atoms with Crippen molar-refractivity contribution >= 4 is 11.0 Å². The molecule has 0 fully saturated rings. The number of para-hydroxylation sites is 2. The van der Waals surface area contributed by atoms with Crippen LogP contribution in [0, 0.1) is 0 Å². The Labute approximate surface area is 192 Å². The van der Waals surface area contributed by atoms with E-state index < -0.39 is 0 Å². The van der Waals surface area contributed by atoms with Gasteiger partial charge in [-0.1, -0.05) is 30.3 Å². The van der Waals surface area contributed by atoms with Gasteiger partial charge in [-0.25, -0.2) is 4.98 Å². The van der Waals surface area contributed by atoms with Crippen LogP contribution in [-0.2, 0) is 30.9 Å². The van der Waals surface area contributed by atoms with E-state index in [4.69, 9.17) is 20.4 Å². The van der Waals surface area contributed by atoms with Crippen molar-refractivity contribution < 1.29 is 4.74 Å². The Morgan fingerprint density at radius 3 is 2.94 bits per heavy atom. The molecule has 4 aliphatic rings. The van der Waals surface area contributed by atoms with Gasteiger partial charge in [0.15, 0.2) is 0 Å². The largest absolute Gasteiger partial charge is 0.367 e. The van der Waals surface area contributed by atoms with Crippen LogP contribution in [0.15, 0.2) is 54.7 Å². The van der Waals surface area contributed by atoms with Crippen molar-refractivity contribution in [3.05, 3.63) is 94.1 Å². The van der Waals surface area contributed by atoms with Crippen molar-refractivity contribution in [3.8, 4) is 0 Å². The summed E-state index contributed by atoms with van der Waals surface area (Å²) in [5, 5.41) is 0. The first-order valence-corrected chi connectivity index (χ1v) is 11.9. The lowest BCUT2D eigenvalue weighted by atomic mass is 9.79. The molecule has 6 nitrogen and oxygen atoms in total. The molecular weight excluding hydrogens is 410 g/mol.